The largest absolute Gasteiger partial charge is 0.279 e. The van der Waals surface area contributed by atoms with Crippen LogP contribution < -0.4 is 9.80 Å². The van der Waals surface area contributed by atoms with Crippen molar-refractivity contribution in [2.24, 2.45) is 23.7 Å². The van der Waals surface area contributed by atoms with Crippen LogP contribution in [0.25, 0.3) is 0 Å². The van der Waals surface area contributed by atoms with Gasteiger partial charge in [0, 0.05) is 23.8 Å². The van der Waals surface area contributed by atoms with E-state index >= 15 is 0 Å². The maximum Gasteiger partial charge on any atom is 0.141 e. The van der Waals surface area contributed by atoms with Crippen molar-refractivity contribution in [3.05, 3.63) is 126 Å². The molecular formula is C51H69N5. The number of anilines is 6. The predicted molar refractivity (Wildman–Crippen MR) is 240 cm³/mol. The first-order chi connectivity index (χ1) is 27.0. The number of pyridine rings is 3. The molecule has 0 saturated heterocycles. The summed E-state index contributed by atoms with van der Waals surface area (Å²) in [6.45, 7) is 18.4. The Morgan fingerprint density at radius 1 is 0.375 bits per heavy atom. The highest BCUT2D eigenvalue weighted by atomic mass is 15.3. The summed E-state index contributed by atoms with van der Waals surface area (Å²) in [5.74, 6) is 6.20. The number of hydrogen-bond acceptors (Lipinski definition) is 5. The topological polar surface area (TPSA) is 45.2 Å². The average Bonchev–Trinajstić information content (AvgIpc) is 3.17. The van der Waals surface area contributed by atoms with Crippen LogP contribution in [0.1, 0.15) is 129 Å². The van der Waals surface area contributed by atoms with Crippen LogP contribution in [0, 0.1) is 23.7 Å². The summed E-state index contributed by atoms with van der Waals surface area (Å²) in [7, 11) is 0. The van der Waals surface area contributed by atoms with E-state index in [-0.39, 0.29) is 0 Å². The van der Waals surface area contributed by atoms with Crippen molar-refractivity contribution in [1.82, 2.24) is 15.0 Å². The number of aryl methyl sites for hydroxylation is 4. The van der Waals surface area contributed by atoms with Crippen molar-refractivity contribution in [1.29, 1.82) is 0 Å². The summed E-state index contributed by atoms with van der Waals surface area (Å²) < 4.78 is 0. The van der Waals surface area contributed by atoms with Crippen LogP contribution in [-0.2, 0) is 25.7 Å². The molecule has 0 unspecified atom stereocenters. The molecule has 0 saturated carbocycles. The van der Waals surface area contributed by atoms with Crippen LogP contribution in [0.2, 0.25) is 0 Å². The van der Waals surface area contributed by atoms with Gasteiger partial charge in [-0.2, -0.15) is 0 Å². The summed E-state index contributed by atoms with van der Waals surface area (Å²) in [4.78, 5) is 19.9. The molecule has 3 heterocycles. The van der Waals surface area contributed by atoms with Crippen LogP contribution in [0.4, 0.5) is 34.6 Å². The molecule has 0 amide bonds. The number of rotatable bonds is 22. The summed E-state index contributed by atoms with van der Waals surface area (Å²) in [5, 5.41) is 0. The lowest BCUT2D eigenvalue weighted by Gasteiger charge is -2.27. The lowest BCUT2D eigenvalue weighted by Crippen LogP contribution is -2.17. The van der Waals surface area contributed by atoms with Crippen molar-refractivity contribution in [2.45, 2.75) is 132 Å². The van der Waals surface area contributed by atoms with Crippen LogP contribution >= 0.6 is 0 Å². The Morgan fingerprint density at radius 2 is 0.696 bits per heavy atom. The standard InChI is InChI=1S/C51H69N5/c1-38(2)14-9-18-42-24-30-46(31-25-42)55(48-34-28-44(36-52-48)20-11-16-40(5)6)50-22-13-23-51(54-50)56(47-32-26-43(27-33-47)19-10-15-39(3)4)49-35-29-45(37-53-49)21-12-17-41(7)8/h13,22-41H,9-12,14-21H2,1-8H3. The number of aromatic nitrogens is 3. The number of nitrogens with zero attached hydrogens (tertiary/aromatic N) is 5. The molecule has 298 valence electrons. The van der Waals surface area contributed by atoms with Gasteiger partial charge in [0.25, 0.3) is 0 Å². The Balaban J connectivity index is 1.51. The van der Waals surface area contributed by atoms with Gasteiger partial charge in [-0.05, 0) is 146 Å². The molecule has 0 aliphatic heterocycles. The molecule has 2 aromatic carbocycles. The fourth-order valence-electron chi connectivity index (χ4n) is 7.30. The van der Waals surface area contributed by atoms with Crippen molar-refractivity contribution in [2.75, 3.05) is 9.80 Å². The quantitative estimate of drug-likeness (QED) is 0.0705. The third-order valence-electron chi connectivity index (χ3n) is 10.6. The zero-order valence-corrected chi connectivity index (χ0v) is 35.8. The first kappa shape index (κ1) is 42.6. The Labute approximate surface area is 340 Å². The maximum atomic E-state index is 5.42. The summed E-state index contributed by atoms with van der Waals surface area (Å²) in [5.41, 5.74) is 7.36. The first-order valence-corrected chi connectivity index (χ1v) is 21.7. The molecule has 0 spiro atoms. The SMILES string of the molecule is CC(C)CCCc1ccc(N(c2ccc(CCCC(C)C)cn2)c2cccc(N(c3ccc(CCCC(C)C)cc3)c3ccc(CCCC(C)C)cn3)n2)cc1. The van der Waals surface area contributed by atoms with Gasteiger partial charge in [-0.25, -0.2) is 15.0 Å². The van der Waals surface area contributed by atoms with Gasteiger partial charge < -0.3 is 0 Å². The molecule has 0 aliphatic rings. The van der Waals surface area contributed by atoms with E-state index in [1.165, 1.54) is 73.6 Å². The lowest BCUT2D eigenvalue weighted by atomic mass is 10.0. The monoisotopic (exact) mass is 752 g/mol. The lowest BCUT2D eigenvalue weighted by molar-refractivity contribution is 0.555. The molecular weight excluding hydrogens is 683 g/mol. The fourth-order valence-corrected chi connectivity index (χ4v) is 7.30. The van der Waals surface area contributed by atoms with Gasteiger partial charge in [0.15, 0.2) is 0 Å². The van der Waals surface area contributed by atoms with Crippen molar-refractivity contribution in [3.8, 4) is 0 Å². The highest BCUT2D eigenvalue weighted by molar-refractivity contribution is 5.77. The molecule has 0 atom stereocenters. The second-order valence-electron chi connectivity index (χ2n) is 17.6. The van der Waals surface area contributed by atoms with Gasteiger partial charge >= 0.3 is 0 Å². The Kier molecular flexibility index (Phi) is 16.5. The van der Waals surface area contributed by atoms with E-state index in [4.69, 9.17) is 15.0 Å². The zero-order chi connectivity index (χ0) is 39.9. The first-order valence-electron chi connectivity index (χ1n) is 21.7. The second-order valence-corrected chi connectivity index (χ2v) is 17.6. The molecule has 5 nitrogen and oxygen atoms in total. The van der Waals surface area contributed by atoms with E-state index in [0.717, 1.165) is 72.2 Å². The zero-order valence-electron chi connectivity index (χ0n) is 35.8. The fraction of sp³-hybridized carbons (Fsp3) is 0.471. The molecule has 0 N–H and O–H groups in total. The minimum Gasteiger partial charge on any atom is -0.279 e. The third kappa shape index (κ3) is 13.3. The summed E-state index contributed by atoms with van der Waals surface area (Å²) in [6, 6.07) is 33.1. The van der Waals surface area contributed by atoms with Crippen molar-refractivity contribution >= 4 is 34.6 Å². The maximum absolute atomic E-state index is 5.42. The number of hydrogen-bond donors (Lipinski definition) is 0. The Bertz CT molecular complexity index is 1590. The van der Waals surface area contributed by atoms with E-state index in [1.54, 1.807) is 0 Å². The van der Waals surface area contributed by atoms with Gasteiger partial charge in [0.1, 0.15) is 23.3 Å². The normalized spacial score (nSPS) is 11.6. The minimum atomic E-state index is 0.708. The molecule has 56 heavy (non-hydrogen) atoms. The highest BCUT2D eigenvalue weighted by Gasteiger charge is 2.20. The molecule has 0 radical (unpaired) electrons. The van der Waals surface area contributed by atoms with Gasteiger partial charge in [-0.3, -0.25) is 9.80 Å². The van der Waals surface area contributed by atoms with Gasteiger partial charge in [0.05, 0.1) is 0 Å². The third-order valence-corrected chi connectivity index (χ3v) is 10.6. The van der Waals surface area contributed by atoms with Crippen LogP contribution in [0.5, 0.6) is 0 Å². The van der Waals surface area contributed by atoms with Crippen LogP contribution in [0.15, 0.2) is 103 Å². The average molecular weight is 752 g/mol. The van der Waals surface area contributed by atoms with Gasteiger partial charge in [0.2, 0.25) is 0 Å². The van der Waals surface area contributed by atoms with E-state index in [1.807, 2.05) is 0 Å². The molecule has 0 fully saturated rings. The van der Waals surface area contributed by atoms with Gasteiger partial charge in [-0.15, -0.1) is 0 Å². The van der Waals surface area contributed by atoms with Crippen molar-refractivity contribution in [3.63, 3.8) is 0 Å². The predicted octanol–water partition coefficient (Wildman–Crippen LogP) is 14.7. The van der Waals surface area contributed by atoms with Crippen molar-refractivity contribution < 1.29 is 0 Å². The molecule has 5 aromatic rings. The highest BCUT2D eigenvalue weighted by Crippen LogP contribution is 2.37. The van der Waals surface area contributed by atoms with Gasteiger partial charge in [-0.1, -0.05) is 124 Å². The molecule has 5 heteroatoms. The molecule has 3 aromatic heterocycles. The van der Waals surface area contributed by atoms with E-state index in [9.17, 15) is 0 Å². The van der Waals surface area contributed by atoms with E-state index < -0.39 is 0 Å². The molecule has 5 rings (SSSR count). The second kappa shape index (κ2) is 21.7. The summed E-state index contributed by atoms with van der Waals surface area (Å²) in [6.07, 6.45) is 18.0. The molecule has 0 bridgehead atoms. The Hall–Kier alpha value is -4.51. The van der Waals surface area contributed by atoms with Crippen LogP contribution in [-0.4, -0.2) is 15.0 Å². The van der Waals surface area contributed by atoms with Crippen LogP contribution in [0.3, 0.4) is 0 Å². The summed E-state index contributed by atoms with van der Waals surface area (Å²) >= 11 is 0. The molecule has 0 aliphatic carbocycles. The smallest absolute Gasteiger partial charge is 0.141 e. The van der Waals surface area contributed by atoms with E-state index in [2.05, 4.69) is 169 Å². The van der Waals surface area contributed by atoms with E-state index in [0.29, 0.717) is 11.8 Å². The Morgan fingerprint density at radius 3 is 1.00 bits per heavy atom. The number of benzene rings is 2. The minimum absolute atomic E-state index is 0.708.